The molecule has 1 heterocycles. The van der Waals surface area contributed by atoms with E-state index >= 15 is 0 Å². The van der Waals surface area contributed by atoms with Crippen LogP contribution in [0.15, 0.2) is 5.51 Å². The molecule has 0 aliphatic rings. The van der Waals surface area contributed by atoms with Crippen molar-refractivity contribution in [2.75, 3.05) is 5.32 Å². The van der Waals surface area contributed by atoms with Crippen LogP contribution in [0.1, 0.15) is 19.8 Å². The van der Waals surface area contributed by atoms with Crippen molar-refractivity contribution in [1.82, 2.24) is 15.5 Å². The molecule has 88 valence electrons. The maximum Gasteiger partial charge on any atom is 0.326 e. The van der Waals surface area contributed by atoms with Crippen molar-refractivity contribution in [3.05, 3.63) is 5.51 Å². The van der Waals surface area contributed by atoms with E-state index in [1.165, 1.54) is 5.51 Å². The first kappa shape index (κ1) is 12.4. The third-order valence-electron chi connectivity index (χ3n) is 1.76. The monoisotopic (exact) mass is 244 g/mol. The summed E-state index contributed by atoms with van der Waals surface area (Å²) in [6.07, 6.45) is 1.06. The second-order valence-corrected chi connectivity index (χ2v) is 3.86. The van der Waals surface area contributed by atoms with Crippen LogP contribution in [0, 0.1) is 0 Å². The first-order valence-electron chi connectivity index (χ1n) is 4.70. The first-order valence-corrected chi connectivity index (χ1v) is 5.58. The fourth-order valence-corrected chi connectivity index (χ4v) is 1.51. The molecule has 0 saturated carbocycles. The molecule has 0 aliphatic carbocycles. The lowest BCUT2D eigenvalue weighted by atomic mass is 10.2. The Bertz CT molecular complexity index is 354. The number of rotatable bonds is 5. The molecule has 0 unspecified atom stereocenters. The highest BCUT2D eigenvalue weighted by atomic mass is 32.1. The predicted octanol–water partition coefficient (Wildman–Crippen LogP) is 0.913. The molecule has 0 radical (unpaired) electrons. The van der Waals surface area contributed by atoms with Crippen molar-refractivity contribution in [2.45, 2.75) is 25.8 Å². The molecule has 0 fully saturated rings. The Balaban J connectivity index is 2.45. The Morgan fingerprint density at radius 1 is 1.62 bits per heavy atom. The lowest BCUT2D eigenvalue weighted by Crippen LogP contribution is -2.42. The lowest BCUT2D eigenvalue weighted by molar-refractivity contribution is -0.139. The second-order valence-electron chi connectivity index (χ2n) is 3.02. The van der Waals surface area contributed by atoms with Crippen LogP contribution in [0.25, 0.3) is 0 Å². The van der Waals surface area contributed by atoms with E-state index in [4.69, 9.17) is 5.11 Å². The number of carboxylic acid groups (broad SMARTS) is 1. The summed E-state index contributed by atoms with van der Waals surface area (Å²) in [6.45, 7) is 1.85. The van der Waals surface area contributed by atoms with Gasteiger partial charge in [0.1, 0.15) is 11.6 Å². The van der Waals surface area contributed by atoms with Gasteiger partial charge in [0.15, 0.2) is 0 Å². The van der Waals surface area contributed by atoms with Gasteiger partial charge in [-0.3, -0.25) is 5.32 Å². The fraction of sp³-hybridized carbons (Fsp3) is 0.500. The molecule has 0 aliphatic heterocycles. The quantitative estimate of drug-likeness (QED) is 0.714. The largest absolute Gasteiger partial charge is 0.480 e. The molecule has 16 heavy (non-hydrogen) atoms. The number of aromatic nitrogens is 2. The smallest absolute Gasteiger partial charge is 0.326 e. The third-order valence-corrected chi connectivity index (χ3v) is 2.37. The zero-order valence-electron chi connectivity index (χ0n) is 8.64. The maximum absolute atomic E-state index is 11.4. The van der Waals surface area contributed by atoms with Gasteiger partial charge in [-0.15, -0.1) is 10.2 Å². The van der Waals surface area contributed by atoms with Crippen LogP contribution in [-0.2, 0) is 4.79 Å². The fourth-order valence-electron chi connectivity index (χ4n) is 1.07. The highest BCUT2D eigenvalue weighted by molar-refractivity contribution is 7.13. The number of hydrogen-bond acceptors (Lipinski definition) is 5. The van der Waals surface area contributed by atoms with E-state index in [1.807, 2.05) is 6.92 Å². The van der Waals surface area contributed by atoms with Crippen molar-refractivity contribution in [1.29, 1.82) is 0 Å². The molecular formula is C8H12N4O3S. The Morgan fingerprint density at radius 2 is 2.38 bits per heavy atom. The van der Waals surface area contributed by atoms with Gasteiger partial charge in [0.2, 0.25) is 5.13 Å². The molecule has 2 amide bonds. The van der Waals surface area contributed by atoms with Crippen LogP contribution in [-0.4, -0.2) is 33.3 Å². The lowest BCUT2D eigenvalue weighted by Gasteiger charge is -2.12. The minimum atomic E-state index is -1.05. The molecular weight excluding hydrogens is 232 g/mol. The van der Waals surface area contributed by atoms with Crippen LogP contribution in [0.4, 0.5) is 9.93 Å². The van der Waals surface area contributed by atoms with Gasteiger partial charge in [-0.05, 0) is 6.42 Å². The minimum Gasteiger partial charge on any atom is -0.480 e. The normalized spacial score (nSPS) is 11.8. The van der Waals surface area contributed by atoms with Gasteiger partial charge in [0, 0.05) is 0 Å². The van der Waals surface area contributed by atoms with E-state index in [0.717, 1.165) is 11.3 Å². The van der Waals surface area contributed by atoms with E-state index in [0.29, 0.717) is 18.0 Å². The predicted molar refractivity (Wildman–Crippen MR) is 58.4 cm³/mol. The highest BCUT2D eigenvalue weighted by Crippen LogP contribution is 2.07. The van der Waals surface area contributed by atoms with Crippen molar-refractivity contribution < 1.29 is 14.7 Å². The number of anilines is 1. The number of nitrogens with one attached hydrogen (secondary N) is 2. The molecule has 0 aromatic carbocycles. The van der Waals surface area contributed by atoms with Crippen molar-refractivity contribution >= 4 is 28.5 Å². The molecule has 7 nitrogen and oxygen atoms in total. The number of carbonyl (C=O) groups excluding carboxylic acids is 1. The molecule has 0 saturated heterocycles. The molecule has 1 aromatic heterocycles. The van der Waals surface area contributed by atoms with Crippen LogP contribution >= 0.6 is 11.3 Å². The van der Waals surface area contributed by atoms with Gasteiger partial charge in [0.05, 0.1) is 0 Å². The van der Waals surface area contributed by atoms with Crippen LogP contribution in [0.5, 0.6) is 0 Å². The average molecular weight is 244 g/mol. The van der Waals surface area contributed by atoms with Crippen LogP contribution in [0.3, 0.4) is 0 Å². The summed E-state index contributed by atoms with van der Waals surface area (Å²) in [5.41, 5.74) is 1.47. The molecule has 1 rings (SSSR count). The molecule has 8 heteroatoms. The van der Waals surface area contributed by atoms with E-state index in [2.05, 4.69) is 20.8 Å². The van der Waals surface area contributed by atoms with Gasteiger partial charge in [-0.2, -0.15) is 0 Å². The van der Waals surface area contributed by atoms with Gasteiger partial charge < -0.3 is 10.4 Å². The van der Waals surface area contributed by atoms with Crippen LogP contribution in [0.2, 0.25) is 0 Å². The Labute approximate surface area is 95.9 Å². The molecule has 1 aromatic rings. The summed E-state index contributed by atoms with van der Waals surface area (Å²) >= 11 is 1.16. The summed E-state index contributed by atoms with van der Waals surface area (Å²) in [5.74, 6) is -1.05. The van der Waals surface area contributed by atoms with Gasteiger partial charge >= 0.3 is 12.0 Å². The standard InChI is InChI=1S/C8H12N4O3S/c1-2-3-5(6(13)14)10-7(15)11-8-12-9-4-16-8/h4-5H,2-3H2,1H3,(H,13,14)(H2,10,11,12,15)/t5-/m1/s1. The number of aliphatic carboxylic acids is 1. The maximum atomic E-state index is 11.4. The number of carbonyl (C=O) groups is 2. The topological polar surface area (TPSA) is 104 Å². The number of nitrogens with zero attached hydrogens (tertiary/aromatic N) is 2. The number of carboxylic acids is 1. The van der Waals surface area contributed by atoms with Crippen LogP contribution < -0.4 is 10.6 Å². The summed E-state index contributed by atoms with van der Waals surface area (Å²) in [5, 5.41) is 21.0. The van der Waals surface area contributed by atoms with Crippen molar-refractivity contribution in [3.63, 3.8) is 0 Å². The molecule has 0 bridgehead atoms. The van der Waals surface area contributed by atoms with Crippen molar-refractivity contribution in [3.8, 4) is 0 Å². The number of hydrogen-bond donors (Lipinski definition) is 3. The minimum absolute atomic E-state index is 0.332. The molecule has 1 atom stereocenters. The van der Waals surface area contributed by atoms with Gasteiger partial charge in [-0.25, -0.2) is 9.59 Å². The van der Waals surface area contributed by atoms with E-state index < -0.39 is 18.0 Å². The Hall–Kier alpha value is -1.70. The third kappa shape index (κ3) is 3.81. The van der Waals surface area contributed by atoms with Crippen molar-refractivity contribution in [2.24, 2.45) is 0 Å². The number of amides is 2. The van der Waals surface area contributed by atoms with Gasteiger partial charge in [-0.1, -0.05) is 24.7 Å². The number of urea groups is 1. The van der Waals surface area contributed by atoms with E-state index in [-0.39, 0.29) is 0 Å². The first-order chi connectivity index (χ1) is 7.63. The molecule has 0 spiro atoms. The zero-order chi connectivity index (χ0) is 12.0. The van der Waals surface area contributed by atoms with E-state index in [9.17, 15) is 9.59 Å². The average Bonchev–Trinajstić information content (AvgIpc) is 2.69. The van der Waals surface area contributed by atoms with E-state index in [1.54, 1.807) is 0 Å². The van der Waals surface area contributed by atoms with Gasteiger partial charge in [0.25, 0.3) is 0 Å². The summed E-state index contributed by atoms with van der Waals surface area (Å²) in [7, 11) is 0. The SMILES string of the molecule is CCC[C@@H](NC(=O)Nc1nncs1)C(=O)O. The Morgan fingerprint density at radius 3 is 2.88 bits per heavy atom. The second kappa shape index (κ2) is 6.01. The summed E-state index contributed by atoms with van der Waals surface area (Å²) in [6, 6.07) is -1.46. The molecule has 3 N–H and O–H groups in total. The Kier molecular flexibility index (Phi) is 4.65. The zero-order valence-corrected chi connectivity index (χ0v) is 9.45. The summed E-state index contributed by atoms with van der Waals surface area (Å²) in [4.78, 5) is 22.1. The summed E-state index contributed by atoms with van der Waals surface area (Å²) < 4.78 is 0. The highest BCUT2D eigenvalue weighted by Gasteiger charge is 2.18.